The van der Waals surface area contributed by atoms with E-state index >= 15 is 0 Å². The van der Waals surface area contributed by atoms with Crippen LogP contribution in [0.15, 0.2) is 23.1 Å². The number of hydrogen-bond acceptors (Lipinski definition) is 4. The third-order valence-electron chi connectivity index (χ3n) is 3.54. The quantitative estimate of drug-likeness (QED) is 0.803. The monoisotopic (exact) mass is 293 g/mol. The second-order valence-corrected chi connectivity index (χ2v) is 6.08. The van der Waals surface area contributed by atoms with E-state index in [0.29, 0.717) is 19.0 Å². The van der Waals surface area contributed by atoms with E-state index in [2.05, 4.69) is 0 Å². The molecule has 1 amide bonds. The molecule has 2 aliphatic heterocycles. The van der Waals surface area contributed by atoms with Gasteiger partial charge in [-0.05, 0) is 31.0 Å². The molecule has 2 aliphatic rings. The standard InChI is InChI=1S/C15H19NO3S/c17-15(16-6-1-2-7-16)11-20-12-4-5-13-14(10-12)19-9-3-8-18-13/h4-5,10H,1-3,6-9,11H2. The molecule has 20 heavy (non-hydrogen) atoms. The van der Waals surface area contributed by atoms with Crippen LogP contribution >= 0.6 is 11.8 Å². The Morgan fingerprint density at radius 3 is 2.65 bits per heavy atom. The normalized spacial score (nSPS) is 17.9. The molecule has 1 fully saturated rings. The molecule has 3 rings (SSSR count). The zero-order valence-electron chi connectivity index (χ0n) is 11.5. The lowest BCUT2D eigenvalue weighted by Gasteiger charge is -2.15. The summed E-state index contributed by atoms with van der Waals surface area (Å²) in [4.78, 5) is 15.0. The summed E-state index contributed by atoms with van der Waals surface area (Å²) >= 11 is 1.57. The van der Waals surface area contributed by atoms with Crippen LogP contribution in [0.4, 0.5) is 0 Å². The first-order valence-corrected chi connectivity index (χ1v) is 8.12. The molecule has 0 atom stereocenters. The van der Waals surface area contributed by atoms with Crippen LogP contribution < -0.4 is 9.47 Å². The summed E-state index contributed by atoms with van der Waals surface area (Å²) in [7, 11) is 0. The average Bonchev–Trinajstić information content (AvgIpc) is 2.90. The molecule has 0 aromatic heterocycles. The number of hydrogen-bond donors (Lipinski definition) is 0. The fourth-order valence-electron chi connectivity index (χ4n) is 2.44. The van der Waals surface area contributed by atoms with Gasteiger partial charge in [0.1, 0.15) is 0 Å². The molecule has 0 aliphatic carbocycles. The van der Waals surface area contributed by atoms with Crippen molar-refractivity contribution < 1.29 is 14.3 Å². The van der Waals surface area contributed by atoms with Gasteiger partial charge >= 0.3 is 0 Å². The molecule has 0 bridgehead atoms. The van der Waals surface area contributed by atoms with Gasteiger partial charge < -0.3 is 14.4 Å². The van der Waals surface area contributed by atoms with Gasteiger partial charge in [0.05, 0.1) is 19.0 Å². The Bertz CT molecular complexity index is 486. The van der Waals surface area contributed by atoms with Crippen molar-refractivity contribution in [3.8, 4) is 11.5 Å². The Morgan fingerprint density at radius 1 is 1.10 bits per heavy atom. The molecule has 0 saturated carbocycles. The molecule has 5 heteroatoms. The van der Waals surface area contributed by atoms with Crippen LogP contribution in [0.25, 0.3) is 0 Å². The summed E-state index contributed by atoms with van der Waals surface area (Å²) in [6.45, 7) is 3.22. The first-order valence-electron chi connectivity index (χ1n) is 7.13. The highest BCUT2D eigenvalue weighted by atomic mass is 32.2. The molecule has 0 unspecified atom stereocenters. The highest BCUT2D eigenvalue weighted by Gasteiger charge is 2.18. The maximum Gasteiger partial charge on any atom is 0.232 e. The average molecular weight is 293 g/mol. The smallest absolute Gasteiger partial charge is 0.232 e. The zero-order valence-corrected chi connectivity index (χ0v) is 12.3. The van der Waals surface area contributed by atoms with Gasteiger partial charge in [0.25, 0.3) is 0 Å². The minimum Gasteiger partial charge on any atom is -0.490 e. The van der Waals surface area contributed by atoms with Gasteiger partial charge in [0.2, 0.25) is 5.91 Å². The van der Waals surface area contributed by atoms with Crippen molar-refractivity contribution in [3.63, 3.8) is 0 Å². The summed E-state index contributed by atoms with van der Waals surface area (Å²) in [5.41, 5.74) is 0. The van der Waals surface area contributed by atoms with Crippen molar-refractivity contribution in [3.05, 3.63) is 18.2 Å². The van der Waals surface area contributed by atoms with Crippen molar-refractivity contribution >= 4 is 17.7 Å². The van der Waals surface area contributed by atoms with Gasteiger partial charge in [-0.3, -0.25) is 4.79 Å². The second kappa shape index (κ2) is 6.39. The van der Waals surface area contributed by atoms with Crippen LogP contribution in [0, 0.1) is 0 Å². The van der Waals surface area contributed by atoms with Crippen molar-refractivity contribution in [1.29, 1.82) is 0 Å². The van der Waals surface area contributed by atoms with Gasteiger partial charge in [-0.15, -0.1) is 11.8 Å². The van der Waals surface area contributed by atoms with E-state index < -0.39 is 0 Å². The summed E-state index contributed by atoms with van der Waals surface area (Å²) in [6.07, 6.45) is 3.19. The predicted octanol–water partition coefficient (Wildman–Crippen LogP) is 2.56. The number of carbonyl (C=O) groups is 1. The summed E-state index contributed by atoms with van der Waals surface area (Å²) in [5, 5.41) is 0. The first-order chi connectivity index (χ1) is 9.83. The molecule has 0 N–H and O–H groups in total. The topological polar surface area (TPSA) is 38.8 Å². The SMILES string of the molecule is O=C(CSc1ccc2c(c1)OCCCO2)N1CCCC1. The number of rotatable bonds is 3. The molecule has 108 valence electrons. The number of fused-ring (bicyclic) bond motifs is 1. The molecule has 4 nitrogen and oxygen atoms in total. The van der Waals surface area contributed by atoms with Crippen molar-refractivity contribution in [2.45, 2.75) is 24.2 Å². The second-order valence-electron chi connectivity index (χ2n) is 5.04. The number of thioether (sulfide) groups is 1. The van der Waals surface area contributed by atoms with Crippen LogP contribution in [-0.4, -0.2) is 42.9 Å². The van der Waals surface area contributed by atoms with Crippen molar-refractivity contribution in [1.82, 2.24) is 4.90 Å². The number of carbonyl (C=O) groups excluding carboxylic acids is 1. The molecular weight excluding hydrogens is 274 g/mol. The van der Waals surface area contributed by atoms with E-state index in [9.17, 15) is 4.79 Å². The Hall–Kier alpha value is -1.36. The first kappa shape index (κ1) is 13.6. The third-order valence-corrected chi connectivity index (χ3v) is 4.52. The van der Waals surface area contributed by atoms with Crippen LogP contribution in [-0.2, 0) is 4.79 Å². The summed E-state index contributed by atoms with van der Waals surface area (Å²) < 4.78 is 11.3. The number of benzene rings is 1. The Morgan fingerprint density at radius 2 is 1.85 bits per heavy atom. The summed E-state index contributed by atoms with van der Waals surface area (Å²) in [5.74, 6) is 2.33. The number of likely N-dealkylation sites (tertiary alicyclic amines) is 1. The molecule has 1 aromatic rings. The molecular formula is C15H19NO3S. The van der Waals surface area contributed by atoms with Crippen LogP contribution in [0.2, 0.25) is 0 Å². The van der Waals surface area contributed by atoms with E-state index in [-0.39, 0.29) is 5.91 Å². The molecule has 0 spiro atoms. The van der Waals surface area contributed by atoms with E-state index in [1.807, 2.05) is 23.1 Å². The van der Waals surface area contributed by atoms with Crippen LogP contribution in [0.3, 0.4) is 0 Å². The van der Waals surface area contributed by atoms with E-state index in [4.69, 9.17) is 9.47 Å². The Labute approximate surface area is 123 Å². The van der Waals surface area contributed by atoms with Gasteiger partial charge in [-0.2, -0.15) is 0 Å². The highest BCUT2D eigenvalue weighted by Crippen LogP contribution is 2.34. The Kier molecular flexibility index (Phi) is 4.35. The van der Waals surface area contributed by atoms with Crippen LogP contribution in [0.1, 0.15) is 19.3 Å². The van der Waals surface area contributed by atoms with E-state index in [1.165, 1.54) is 0 Å². The van der Waals surface area contributed by atoms with E-state index in [0.717, 1.165) is 48.7 Å². The number of nitrogens with zero attached hydrogens (tertiary/aromatic N) is 1. The molecule has 1 aromatic carbocycles. The molecule has 1 saturated heterocycles. The van der Waals surface area contributed by atoms with Gasteiger partial charge in [0, 0.05) is 24.4 Å². The zero-order chi connectivity index (χ0) is 13.8. The fraction of sp³-hybridized carbons (Fsp3) is 0.533. The van der Waals surface area contributed by atoms with Gasteiger partial charge in [0.15, 0.2) is 11.5 Å². The highest BCUT2D eigenvalue weighted by molar-refractivity contribution is 8.00. The maximum atomic E-state index is 12.0. The lowest BCUT2D eigenvalue weighted by Crippen LogP contribution is -2.29. The minimum atomic E-state index is 0.236. The van der Waals surface area contributed by atoms with Gasteiger partial charge in [-0.1, -0.05) is 0 Å². The summed E-state index contributed by atoms with van der Waals surface area (Å²) in [6, 6.07) is 5.90. The molecule has 0 radical (unpaired) electrons. The third kappa shape index (κ3) is 3.20. The predicted molar refractivity (Wildman–Crippen MR) is 78.6 cm³/mol. The maximum absolute atomic E-state index is 12.0. The van der Waals surface area contributed by atoms with Crippen molar-refractivity contribution in [2.24, 2.45) is 0 Å². The largest absolute Gasteiger partial charge is 0.490 e. The van der Waals surface area contributed by atoms with E-state index in [1.54, 1.807) is 11.8 Å². The Balaban J connectivity index is 1.60. The minimum absolute atomic E-state index is 0.236. The number of amides is 1. The van der Waals surface area contributed by atoms with Crippen molar-refractivity contribution in [2.75, 3.05) is 32.1 Å². The lowest BCUT2D eigenvalue weighted by molar-refractivity contribution is -0.127. The lowest BCUT2D eigenvalue weighted by atomic mass is 10.3. The van der Waals surface area contributed by atoms with Gasteiger partial charge in [-0.25, -0.2) is 0 Å². The molecule has 2 heterocycles. The number of ether oxygens (including phenoxy) is 2. The van der Waals surface area contributed by atoms with Crippen LogP contribution in [0.5, 0.6) is 11.5 Å². The fourth-order valence-corrected chi connectivity index (χ4v) is 3.26.